The van der Waals surface area contributed by atoms with E-state index in [1.54, 1.807) is 46.8 Å². The van der Waals surface area contributed by atoms with Gasteiger partial charge in [0.2, 0.25) is 10.0 Å². The maximum absolute atomic E-state index is 13.3. The second kappa shape index (κ2) is 10.5. The van der Waals surface area contributed by atoms with Crippen molar-refractivity contribution in [3.8, 4) is 22.3 Å². The Morgan fingerprint density at radius 1 is 0.737 bits per heavy atom. The number of piperazine rings is 1. The quantitative estimate of drug-likeness (QED) is 0.365. The van der Waals surface area contributed by atoms with Crippen molar-refractivity contribution < 1.29 is 16.8 Å². The molecule has 1 aliphatic heterocycles. The molecule has 0 radical (unpaired) electrons. The summed E-state index contributed by atoms with van der Waals surface area (Å²) in [4.78, 5) is 0.597. The summed E-state index contributed by atoms with van der Waals surface area (Å²) in [5.41, 5.74) is 5.95. The van der Waals surface area contributed by atoms with Gasteiger partial charge in [-0.15, -0.1) is 0 Å². The summed E-state index contributed by atoms with van der Waals surface area (Å²) >= 11 is 0. The van der Waals surface area contributed by atoms with Crippen LogP contribution in [0.1, 0.15) is 17.2 Å². The van der Waals surface area contributed by atoms with Crippen molar-refractivity contribution in [2.75, 3.05) is 25.9 Å². The van der Waals surface area contributed by atoms with Crippen molar-refractivity contribution in [1.82, 2.24) is 9.62 Å². The zero-order valence-corrected chi connectivity index (χ0v) is 23.0. The number of hydrogen-bond acceptors (Lipinski definition) is 5. The van der Waals surface area contributed by atoms with E-state index in [0.717, 1.165) is 33.4 Å². The van der Waals surface area contributed by atoms with Crippen LogP contribution < -0.4 is 5.32 Å². The van der Waals surface area contributed by atoms with Crippen LogP contribution in [0.15, 0.2) is 107 Å². The SMILES string of the molecule is Cc1c(-c2cccc(-c3cccc(S(C)(=O)=O)c3)c2)cccc1C1CN(S(=O)(=O)c2ccccc2)CCN1. The van der Waals surface area contributed by atoms with Crippen molar-refractivity contribution in [2.45, 2.75) is 22.8 Å². The van der Waals surface area contributed by atoms with Gasteiger partial charge in [-0.05, 0) is 70.6 Å². The molecule has 5 rings (SSSR count). The Bertz CT molecular complexity index is 1680. The Morgan fingerprint density at radius 3 is 2.11 bits per heavy atom. The molecule has 6 nitrogen and oxygen atoms in total. The van der Waals surface area contributed by atoms with Crippen LogP contribution in [0.25, 0.3) is 22.3 Å². The fraction of sp³-hybridized carbons (Fsp3) is 0.200. The molecule has 1 saturated heterocycles. The molecule has 38 heavy (non-hydrogen) atoms. The van der Waals surface area contributed by atoms with E-state index < -0.39 is 19.9 Å². The molecule has 0 amide bonds. The standard InChI is InChI=1S/C30H30N2O4S2/c1-22-28(25-11-6-9-23(19-25)24-10-7-14-27(20-24)37(2,33)34)15-8-16-29(22)30-21-32(18-17-31-30)38(35,36)26-12-4-3-5-13-26/h3-16,19-20,30-31H,17-18,21H2,1-2H3. The van der Waals surface area contributed by atoms with Gasteiger partial charge in [0.25, 0.3) is 0 Å². The summed E-state index contributed by atoms with van der Waals surface area (Å²) in [7, 11) is -6.88. The number of nitrogens with zero attached hydrogens (tertiary/aromatic N) is 1. The van der Waals surface area contributed by atoms with Crippen molar-refractivity contribution >= 4 is 19.9 Å². The van der Waals surface area contributed by atoms with Gasteiger partial charge >= 0.3 is 0 Å². The zero-order valence-electron chi connectivity index (χ0n) is 21.3. The molecule has 1 aliphatic rings. The van der Waals surface area contributed by atoms with E-state index in [2.05, 4.69) is 30.4 Å². The minimum absolute atomic E-state index is 0.142. The van der Waals surface area contributed by atoms with Crippen molar-refractivity contribution in [3.05, 3.63) is 108 Å². The fourth-order valence-electron chi connectivity index (χ4n) is 5.01. The van der Waals surface area contributed by atoms with Crippen LogP contribution in [0.3, 0.4) is 0 Å². The van der Waals surface area contributed by atoms with Gasteiger partial charge in [0.15, 0.2) is 9.84 Å². The monoisotopic (exact) mass is 546 g/mol. The molecule has 0 saturated carbocycles. The van der Waals surface area contributed by atoms with E-state index in [1.807, 2.05) is 36.4 Å². The van der Waals surface area contributed by atoms with Gasteiger partial charge in [-0.25, -0.2) is 16.8 Å². The minimum atomic E-state index is -3.58. The van der Waals surface area contributed by atoms with Gasteiger partial charge in [-0.3, -0.25) is 0 Å². The largest absolute Gasteiger partial charge is 0.307 e. The molecule has 196 valence electrons. The number of sulfonamides is 1. The number of hydrogen-bond donors (Lipinski definition) is 1. The molecular formula is C30H30N2O4S2. The molecule has 4 aromatic rings. The van der Waals surface area contributed by atoms with E-state index >= 15 is 0 Å². The lowest BCUT2D eigenvalue weighted by molar-refractivity contribution is 0.301. The van der Waals surface area contributed by atoms with Crippen LogP contribution in [0.5, 0.6) is 0 Å². The van der Waals surface area contributed by atoms with Crippen LogP contribution in [-0.2, 0) is 19.9 Å². The van der Waals surface area contributed by atoms with Crippen molar-refractivity contribution in [2.24, 2.45) is 0 Å². The van der Waals surface area contributed by atoms with Crippen molar-refractivity contribution in [1.29, 1.82) is 0 Å². The van der Waals surface area contributed by atoms with E-state index in [9.17, 15) is 16.8 Å². The zero-order chi connectivity index (χ0) is 26.9. The number of benzene rings is 4. The van der Waals surface area contributed by atoms with E-state index in [1.165, 1.54) is 6.26 Å². The Morgan fingerprint density at radius 2 is 1.37 bits per heavy atom. The highest BCUT2D eigenvalue weighted by atomic mass is 32.2. The highest BCUT2D eigenvalue weighted by molar-refractivity contribution is 7.90. The predicted octanol–water partition coefficient (Wildman–Crippen LogP) is 5.07. The Balaban J connectivity index is 1.46. The second-order valence-corrected chi connectivity index (χ2v) is 13.5. The lowest BCUT2D eigenvalue weighted by Gasteiger charge is -2.34. The normalized spacial score (nSPS) is 16.8. The number of nitrogens with one attached hydrogen (secondary N) is 1. The number of sulfone groups is 1. The molecule has 1 atom stereocenters. The van der Waals surface area contributed by atoms with Gasteiger partial charge < -0.3 is 5.32 Å². The first-order valence-electron chi connectivity index (χ1n) is 12.4. The summed E-state index contributed by atoms with van der Waals surface area (Å²) in [6.45, 7) is 3.39. The van der Waals surface area contributed by atoms with E-state index in [-0.39, 0.29) is 10.9 Å². The summed E-state index contributed by atoms with van der Waals surface area (Å²) in [5, 5.41) is 3.50. The predicted molar refractivity (Wildman–Crippen MR) is 151 cm³/mol. The Kier molecular flexibility index (Phi) is 7.24. The third-order valence-corrected chi connectivity index (χ3v) is 10.0. The molecular weight excluding hydrogens is 516 g/mol. The van der Waals surface area contributed by atoms with Crippen LogP contribution in [0.4, 0.5) is 0 Å². The van der Waals surface area contributed by atoms with Gasteiger partial charge in [0.1, 0.15) is 0 Å². The van der Waals surface area contributed by atoms with Crippen LogP contribution in [-0.4, -0.2) is 47.0 Å². The summed E-state index contributed by atoms with van der Waals surface area (Å²) in [6.07, 6.45) is 1.21. The van der Waals surface area contributed by atoms with E-state index in [0.29, 0.717) is 24.5 Å². The molecule has 0 aliphatic carbocycles. The average Bonchev–Trinajstić information content (AvgIpc) is 2.93. The average molecular weight is 547 g/mol. The van der Waals surface area contributed by atoms with Crippen LogP contribution in [0.2, 0.25) is 0 Å². The lowest BCUT2D eigenvalue weighted by Crippen LogP contribution is -2.48. The third-order valence-electron chi connectivity index (χ3n) is 7.04. The maximum Gasteiger partial charge on any atom is 0.243 e. The molecule has 1 heterocycles. The van der Waals surface area contributed by atoms with Gasteiger partial charge in [-0.1, -0.05) is 66.7 Å². The first-order chi connectivity index (χ1) is 18.1. The molecule has 0 aromatic heterocycles. The minimum Gasteiger partial charge on any atom is -0.307 e. The molecule has 1 N–H and O–H groups in total. The molecule has 0 bridgehead atoms. The molecule has 0 spiro atoms. The molecule has 8 heteroatoms. The summed E-state index contributed by atoms with van der Waals surface area (Å²) in [5.74, 6) is 0. The second-order valence-electron chi connectivity index (χ2n) is 9.58. The van der Waals surface area contributed by atoms with Crippen LogP contribution >= 0.6 is 0 Å². The Hall–Kier alpha value is -3.30. The molecule has 1 fully saturated rings. The van der Waals surface area contributed by atoms with Crippen LogP contribution in [0, 0.1) is 6.92 Å². The van der Waals surface area contributed by atoms with E-state index in [4.69, 9.17) is 0 Å². The topological polar surface area (TPSA) is 83.6 Å². The van der Waals surface area contributed by atoms with Gasteiger partial charge in [0.05, 0.1) is 9.79 Å². The molecule has 1 unspecified atom stereocenters. The first-order valence-corrected chi connectivity index (χ1v) is 15.8. The van der Waals surface area contributed by atoms with Gasteiger partial charge in [-0.2, -0.15) is 4.31 Å². The summed E-state index contributed by atoms with van der Waals surface area (Å²) in [6, 6.07) is 29.6. The highest BCUT2D eigenvalue weighted by Gasteiger charge is 2.31. The Labute approximate surface area is 224 Å². The van der Waals surface area contributed by atoms with Gasteiger partial charge in [0, 0.05) is 31.9 Å². The lowest BCUT2D eigenvalue weighted by atomic mass is 9.91. The fourth-order valence-corrected chi connectivity index (χ4v) is 7.15. The first kappa shape index (κ1) is 26.3. The number of rotatable bonds is 6. The van der Waals surface area contributed by atoms with Crippen molar-refractivity contribution in [3.63, 3.8) is 0 Å². The summed E-state index contributed by atoms with van der Waals surface area (Å²) < 4.78 is 52.2. The highest BCUT2D eigenvalue weighted by Crippen LogP contribution is 2.33. The molecule has 4 aromatic carbocycles. The smallest absolute Gasteiger partial charge is 0.243 e. The maximum atomic E-state index is 13.3. The third kappa shape index (κ3) is 5.31.